The molecular weight excluding hydrogens is 152 g/mol. The Morgan fingerprint density at radius 1 is 1.45 bits per heavy atom. The molecule has 1 aliphatic carbocycles. The molecule has 0 radical (unpaired) electrons. The molecule has 11 heavy (non-hydrogen) atoms. The Hall–Kier alpha value is -0.670. The van der Waals surface area contributed by atoms with Crippen LogP contribution in [0.25, 0.3) is 0 Å². The van der Waals surface area contributed by atoms with Gasteiger partial charge in [0.2, 0.25) is 11.8 Å². The first-order chi connectivity index (χ1) is 5.01. The van der Waals surface area contributed by atoms with Gasteiger partial charge in [-0.2, -0.15) is 0 Å². The van der Waals surface area contributed by atoms with Gasteiger partial charge < -0.3 is 5.73 Å². The fourth-order valence-electron chi connectivity index (χ4n) is 0.862. The summed E-state index contributed by atoms with van der Waals surface area (Å²) in [5, 5.41) is 0. The van der Waals surface area contributed by atoms with E-state index in [0.29, 0.717) is 0 Å². The van der Waals surface area contributed by atoms with Gasteiger partial charge in [0.15, 0.2) is 0 Å². The van der Waals surface area contributed by atoms with Crippen LogP contribution in [0.1, 0.15) is 26.7 Å². The molecule has 2 nitrogen and oxygen atoms in total. The van der Waals surface area contributed by atoms with Gasteiger partial charge in [-0.15, -0.1) is 0 Å². The normalized spacial score (nSPS) is 21.1. The lowest BCUT2D eigenvalue weighted by molar-refractivity contribution is -0.147. The number of amides is 1. The number of alkyl halides is 2. The van der Waals surface area contributed by atoms with Gasteiger partial charge in [0.25, 0.3) is 0 Å². The molecule has 1 amide bonds. The van der Waals surface area contributed by atoms with Crippen molar-refractivity contribution in [3.05, 3.63) is 0 Å². The Bertz CT molecular complexity index is 139. The summed E-state index contributed by atoms with van der Waals surface area (Å²) in [6.07, 6.45) is -0.718. The van der Waals surface area contributed by atoms with Crippen LogP contribution in [-0.2, 0) is 4.79 Å². The van der Waals surface area contributed by atoms with Gasteiger partial charge in [-0.05, 0) is 0 Å². The summed E-state index contributed by atoms with van der Waals surface area (Å²) in [6, 6.07) is 0. The lowest BCUT2D eigenvalue weighted by Crippen LogP contribution is -2.42. The third-order valence-electron chi connectivity index (χ3n) is 1.49. The highest BCUT2D eigenvalue weighted by Crippen LogP contribution is 2.41. The third kappa shape index (κ3) is 2.82. The Kier molecular flexibility index (Phi) is 3.42. The van der Waals surface area contributed by atoms with Crippen molar-refractivity contribution in [3.8, 4) is 0 Å². The predicted octanol–water partition coefficient (Wildman–Crippen LogP) is 1.54. The molecule has 0 spiro atoms. The van der Waals surface area contributed by atoms with Crippen molar-refractivity contribution in [2.45, 2.75) is 32.6 Å². The zero-order valence-electron chi connectivity index (χ0n) is 6.73. The minimum absolute atomic E-state index is 0.359. The maximum absolute atomic E-state index is 11.9. The van der Waals surface area contributed by atoms with Crippen LogP contribution in [0.3, 0.4) is 0 Å². The first-order valence-electron chi connectivity index (χ1n) is 3.68. The zero-order chi connectivity index (χ0) is 9.07. The van der Waals surface area contributed by atoms with E-state index in [1.807, 2.05) is 13.8 Å². The van der Waals surface area contributed by atoms with Crippen molar-refractivity contribution in [1.82, 2.24) is 0 Å². The number of hydrogen-bond acceptors (Lipinski definition) is 1. The zero-order valence-corrected chi connectivity index (χ0v) is 6.73. The molecule has 0 aromatic heterocycles. The Labute approximate surface area is 64.8 Å². The van der Waals surface area contributed by atoms with Gasteiger partial charge >= 0.3 is 0 Å². The molecule has 0 aliphatic heterocycles. The van der Waals surface area contributed by atoms with E-state index in [9.17, 15) is 13.6 Å². The van der Waals surface area contributed by atoms with Crippen LogP contribution in [0, 0.1) is 5.92 Å². The van der Waals surface area contributed by atoms with Crippen LogP contribution in [-0.4, -0.2) is 11.8 Å². The van der Waals surface area contributed by atoms with Crippen LogP contribution in [0.4, 0.5) is 8.78 Å². The van der Waals surface area contributed by atoms with Crippen LogP contribution in [0.15, 0.2) is 0 Å². The SMILES string of the molecule is CC.NC(=O)C1CC(F)(F)C1. The number of nitrogens with two attached hydrogens (primary N) is 1. The standard InChI is InChI=1S/C5H7F2NO.C2H6/c6-5(7)1-3(2-5)4(8)9;1-2/h3H,1-2H2,(H2,8,9);1-2H3. The lowest BCUT2D eigenvalue weighted by atomic mass is 9.81. The Balaban J connectivity index is 0.000000461. The van der Waals surface area contributed by atoms with E-state index in [4.69, 9.17) is 5.73 Å². The molecule has 0 unspecified atom stereocenters. The maximum Gasteiger partial charge on any atom is 0.249 e. The van der Waals surface area contributed by atoms with Crippen molar-refractivity contribution in [2.24, 2.45) is 11.7 Å². The third-order valence-corrected chi connectivity index (χ3v) is 1.49. The van der Waals surface area contributed by atoms with Crippen molar-refractivity contribution < 1.29 is 13.6 Å². The van der Waals surface area contributed by atoms with Gasteiger partial charge in [0.1, 0.15) is 0 Å². The molecule has 0 aromatic carbocycles. The number of rotatable bonds is 1. The molecule has 2 N–H and O–H groups in total. The average molecular weight is 165 g/mol. The summed E-state index contributed by atoms with van der Waals surface area (Å²) in [6.45, 7) is 4.00. The van der Waals surface area contributed by atoms with E-state index in [2.05, 4.69) is 0 Å². The largest absolute Gasteiger partial charge is 0.369 e. The molecule has 1 saturated carbocycles. The van der Waals surface area contributed by atoms with E-state index in [-0.39, 0.29) is 12.8 Å². The molecule has 0 heterocycles. The molecule has 1 aliphatic rings. The summed E-state index contributed by atoms with van der Waals surface area (Å²) in [5.41, 5.74) is 4.75. The summed E-state index contributed by atoms with van der Waals surface area (Å²) in [7, 11) is 0. The topological polar surface area (TPSA) is 43.1 Å². The molecule has 4 heteroatoms. The Morgan fingerprint density at radius 3 is 1.91 bits per heavy atom. The molecule has 0 atom stereocenters. The highest BCUT2D eigenvalue weighted by molar-refractivity contribution is 5.77. The molecule has 1 fully saturated rings. The average Bonchev–Trinajstić information content (AvgIpc) is 1.87. The number of carbonyl (C=O) groups excluding carboxylic acids is 1. The summed E-state index contributed by atoms with van der Waals surface area (Å²) in [5.74, 6) is -3.82. The number of halogens is 2. The lowest BCUT2D eigenvalue weighted by Gasteiger charge is -2.32. The molecule has 1 rings (SSSR count). The fraction of sp³-hybridized carbons (Fsp3) is 0.857. The Morgan fingerprint density at radius 2 is 1.82 bits per heavy atom. The minimum Gasteiger partial charge on any atom is -0.369 e. The molecule has 66 valence electrons. The van der Waals surface area contributed by atoms with E-state index >= 15 is 0 Å². The van der Waals surface area contributed by atoms with Crippen molar-refractivity contribution in [1.29, 1.82) is 0 Å². The van der Waals surface area contributed by atoms with E-state index in [1.54, 1.807) is 0 Å². The van der Waals surface area contributed by atoms with E-state index < -0.39 is 17.7 Å². The van der Waals surface area contributed by atoms with Crippen molar-refractivity contribution >= 4 is 5.91 Å². The molecule has 0 bridgehead atoms. The first-order valence-corrected chi connectivity index (χ1v) is 3.68. The van der Waals surface area contributed by atoms with Crippen LogP contribution in [0.5, 0.6) is 0 Å². The smallest absolute Gasteiger partial charge is 0.249 e. The molecule has 0 aromatic rings. The van der Waals surface area contributed by atoms with Gasteiger partial charge in [-0.1, -0.05) is 13.8 Å². The second kappa shape index (κ2) is 3.64. The van der Waals surface area contributed by atoms with E-state index in [1.165, 1.54) is 0 Å². The van der Waals surface area contributed by atoms with Crippen molar-refractivity contribution in [3.63, 3.8) is 0 Å². The quantitative estimate of drug-likeness (QED) is 0.629. The second-order valence-electron chi connectivity index (χ2n) is 2.36. The highest BCUT2D eigenvalue weighted by Gasteiger charge is 2.47. The van der Waals surface area contributed by atoms with Crippen LogP contribution in [0.2, 0.25) is 0 Å². The van der Waals surface area contributed by atoms with Crippen molar-refractivity contribution in [2.75, 3.05) is 0 Å². The molecular formula is C7H13F2NO. The number of primary amides is 1. The van der Waals surface area contributed by atoms with Gasteiger partial charge in [-0.25, -0.2) is 8.78 Å². The van der Waals surface area contributed by atoms with Gasteiger partial charge in [0.05, 0.1) is 0 Å². The first kappa shape index (κ1) is 10.3. The summed E-state index contributed by atoms with van der Waals surface area (Å²) in [4.78, 5) is 10.2. The maximum atomic E-state index is 11.9. The van der Waals surface area contributed by atoms with E-state index in [0.717, 1.165) is 0 Å². The summed E-state index contributed by atoms with van der Waals surface area (Å²) >= 11 is 0. The van der Waals surface area contributed by atoms with Crippen LogP contribution < -0.4 is 5.73 Å². The number of hydrogen-bond donors (Lipinski definition) is 1. The molecule has 0 saturated heterocycles. The van der Waals surface area contributed by atoms with Gasteiger partial charge in [-0.3, -0.25) is 4.79 Å². The second-order valence-corrected chi connectivity index (χ2v) is 2.36. The van der Waals surface area contributed by atoms with Crippen LogP contribution >= 0.6 is 0 Å². The number of carbonyl (C=O) groups is 1. The highest BCUT2D eigenvalue weighted by atomic mass is 19.3. The summed E-state index contributed by atoms with van der Waals surface area (Å²) < 4.78 is 23.9. The van der Waals surface area contributed by atoms with Gasteiger partial charge in [0, 0.05) is 18.8 Å². The fourth-order valence-corrected chi connectivity index (χ4v) is 0.862. The minimum atomic E-state index is -2.63. The predicted molar refractivity (Wildman–Crippen MR) is 38.2 cm³/mol. The monoisotopic (exact) mass is 165 g/mol.